The quantitative estimate of drug-likeness (QED) is 0.779. The summed E-state index contributed by atoms with van der Waals surface area (Å²) in [5.41, 5.74) is 8.23. The lowest BCUT2D eigenvalue weighted by Crippen LogP contribution is -2.36. The fourth-order valence-corrected chi connectivity index (χ4v) is 1.83. The Labute approximate surface area is 102 Å². The first-order chi connectivity index (χ1) is 7.99. The van der Waals surface area contributed by atoms with Crippen molar-refractivity contribution < 1.29 is 9.90 Å². The number of aliphatic carboxylic acids is 1. The molecule has 0 aliphatic heterocycles. The van der Waals surface area contributed by atoms with Gasteiger partial charge in [0.25, 0.3) is 0 Å². The van der Waals surface area contributed by atoms with Gasteiger partial charge < -0.3 is 15.7 Å². The number of carbonyl (C=O) groups is 1. The molecule has 1 aromatic rings. The van der Waals surface area contributed by atoms with Gasteiger partial charge in [-0.1, -0.05) is 24.3 Å². The Balaban J connectivity index is 2.47. The van der Waals surface area contributed by atoms with Gasteiger partial charge in [0.05, 0.1) is 6.42 Å². The summed E-state index contributed by atoms with van der Waals surface area (Å²) in [5.74, 6) is -0.846. The van der Waals surface area contributed by atoms with Crippen LogP contribution in [-0.4, -0.2) is 35.6 Å². The number of nitrogens with zero attached hydrogens (tertiary/aromatic N) is 1. The first-order valence-electron chi connectivity index (χ1n) is 5.69. The standard InChI is InChI=1S/C13H20N2O2/c1-10-5-3-4-6-11(10)8-15(2)9-12(14)7-13(16)17/h3-6,12H,7-9,14H2,1-2H3,(H,16,17). The molecule has 0 aromatic heterocycles. The van der Waals surface area contributed by atoms with Crippen molar-refractivity contribution in [3.8, 4) is 0 Å². The molecule has 1 rings (SSSR count). The first kappa shape index (κ1) is 13.7. The molecule has 0 spiro atoms. The summed E-state index contributed by atoms with van der Waals surface area (Å²) in [6.07, 6.45) is 0.0120. The predicted octanol–water partition coefficient (Wildman–Crippen LogP) is 1.23. The van der Waals surface area contributed by atoms with E-state index in [1.807, 2.05) is 19.2 Å². The van der Waals surface area contributed by atoms with Gasteiger partial charge in [0.1, 0.15) is 0 Å². The van der Waals surface area contributed by atoms with Crippen molar-refractivity contribution in [3.63, 3.8) is 0 Å². The van der Waals surface area contributed by atoms with Gasteiger partial charge in [0.15, 0.2) is 0 Å². The van der Waals surface area contributed by atoms with Gasteiger partial charge in [0.2, 0.25) is 0 Å². The third-order valence-electron chi connectivity index (χ3n) is 2.68. The molecule has 0 radical (unpaired) electrons. The summed E-state index contributed by atoms with van der Waals surface area (Å²) >= 11 is 0. The normalized spacial score (nSPS) is 12.7. The Kier molecular flexibility index (Phi) is 5.12. The van der Waals surface area contributed by atoms with Gasteiger partial charge in [-0.2, -0.15) is 0 Å². The molecule has 0 heterocycles. The monoisotopic (exact) mass is 236 g/mol. The summed E-state index contributed by atoms with van der Waals surface area (Å²) in [6, 6.07) is 7.85. The van der Waals surface area contributed by atoms with Gasteiger partial charge in [-0.15, -0.1) is 0 Å². The maximum absolute atomic E-state index is 10.5. The van der Waals surface area contributed by atoms with Gasteiger partial charge in [0, 0.05) is 19.1 Å². The smallest absolute Gasteiger partial charge is 0.304 e. The van der Waals surface area contributed by atoms with E-state index in [0.29, 0.717) is 6.54 Å². The minimum Gasteiger partial charge on any atom is -0.481 e. The molecule has 0 fully saturated rings. The van der Waals surface area contributed by atoms with E-state index in [4.69, 9.17) is 10.8 Å². The number of carboxylic acid groups (broad SMARTS) is 1. The van der Waals surface area contributed by atoms with Gasteiger partial charge in [-0.05, 0) is 25.1 Å². The lowest BCUT2D eigenvalue weighted by molar-refractivity contribution is -0.137. The Morgan fingerprint density at radius 3 is 2.71 bits per heavy atom. The minimum atomic E-state index is -0.846. The van der Waals surface area contributed by atoms with Crippen molar-refractivity contribution >= 4 is 5.97 Å². The number of likely N-dealkylation sites (N-methyl/N-ethyl adjacent to an activating group) is 1. The summed E-state index contributed by atoms with van der Waals surface area (Å²) < 4.78 is 0. The van der Waals surface area contributed by atoms with Crippen LogP contribution in [0, 0.1) is 6.92 Å². The third-order valence-corrected chi connectivity index (χ3v) is 2.68. The van der Waals surface area contributed by atoms with E-state index in [0.717, 1.165) is 6.54 Å². The van der Waals surface area contributed by atoms with Crippen molar-refractivity contribution in [2.75, 3.05) is 13.6 Å². The topological polar surface area (TPSA) is 66.6 Å². The fraction of sp³-hybridized carbons (Fsp3) is 0.462. The van der Waals surface area contributed by atoms with Crippen molar-refractivity contribution in [1.82, 2.24) is 4.90 Å². The molecule has 0 aliphatic rings. The zero-order valence-corrected chi connectivity index (χ0v) is 10.4. The van der Waals surface area contributed by atoms with E-state index in [-0.39, 0.29) is 12.5 Å². The molecule has 17 heavy (non-hydrogen) atoms. The van der Waals surface area contributed by atoms with Crippen molar-refractivity contribution in [3.05, 3.63) is 35.4 Å². The Morgan fingerprint density at radius 2 is 2.12 bits per heavy atom. The number of hydrogen-bond acceptors (Lipinski definition) is 3. The van der Waals surface area contributed by atoms with Crippen LogP contribution >= 0.6 is 0 Å². The number of nitrogens with two attached hydrogens (primary N) is 1. The average Bonchev–Trinajstić information content (AvgIpc) is 2.19. The number of hydrogen-bond donors (Lipinski definition) is 2. The number of rotatable bonds is 6. The van der Waals surface area contributed by atoms with E-state index in [1.54, 1.807) is 0 Å². The lowest BCUT2D eigenvalue weighted by atomic mass is 10.1. The average molecular weight is 236 g/mol. The predicted molar refractivity (Wildman–Crippen MR) is 67.7 cm³/mol. The maximum Gasteiger partial charge on any atom is 0.304 e. The number of aryl methyl sites for hydroxylation is 1. The minimum absolute atomic E-state index is 0.0120. The lowest BCUT2D eigenvalue weighted by Gasteiger charge is -2.21. The second-order valence-corrected chi connectivity index (χ2v) is 4.48. The van der Waals surface area contributed by atoms with Crippen LogP contribution in [0.4, 0.5) is 0 Å². The molecule has 0 saturated heterocycles. The van der Waals surface area contributed by atoms with Crippen LogP contribution in [0.15, 0.2) is 24.3 Å². The molecule has 1 atom stereocenters. The largest absolute Gasteiger partial charge is 0.481 e. The van der Waals surface area contributed by atoms with E-state index in [1.165, 1.54) is 11.1 Å². The Bertz CT molecular complexity index is 379. The van der Waals surface area contributed by atoms with Crippen molar-refractivity contribution in [1.29, 1.82) is 0 Å². The summed E-state index contributed by atoms with van der Waals surface area (Å²) in [5, 5.41) is 8.63. The Morgan fingerprint density at radius 1 is 1.47 bits per heavy atom. The highest BCUT2D eigenvalue weighted by molar-refractivity contribution is 5.67. The van der Waals surface area contributed by atoms with Crippen LogP contribution in [0.2, 0.25) is 0 Å². The van der Waals surface area contributed by atoms with Crippen LogP contribution in [0.25, 0.3) is 0 Å². The molecule has 1 aromatic carbocycles. The Hall–Kier alpha value is -1.39. The number of carboxylic acids is 1. The molecule has 4 heteroatoms. The first-order valence-corrected chi connectivity index (χ1v) is 5.69. The third kappa shape index (κ3) is 4.97. The number of benzene rings is 1. The molecule has 0 amide bonds. The van der Waals surface area contributed by atoms with Gasteiger partial charge in [-0.25, -0.2) is 0 Å². The maximum atomic E-state index is 10.5. The van der Waals surface area contributed by atoms with E-state index >= 15 is 0 Å². The zero-order valence-electron chi connectivity index (χ0n) is 10.4. The van der Waals surface area contributed by atoms with Gasteiger partial charge >= 0.3 is 5.97 Å². The van der Waals surface area contributed by atoms with Crippen molar-refractivity contribution in [2.45, 2.75) is 25.9 Å². The van der Waals surface area contributed by atoms with E-state index in [2.05, 4.69) is 24.0 Å². The van der Waals surface area contributed by atoms with Crippen LogP contribution in [0.1, 0.15) is 17.5 Å². The molecule has 4 nitrogen and oxygen atoms in total. The molecular formula is C13H20N2O2. The highest BCUT2D eigenvalue weighted by atomic mass is 16.4. The molecule has 0 aliphatic carbocycles. The highest BCUT2D eigenvalue weighted by Gasteiger charge is 2.11. The summed E-state index contributed by atoms with van der Waals surface area (Å²) in [6.45, 7) is 3.45. The molecule has 3 N–H and O–H groups in total. The van der Waals surface area contributed by atoms with Crippen LogP contribution < -0.4 is 5.73 Å². The van der Waals surface area contributed by atoms with Crippen LogP contribution in [0.5, 0.6) is 0 Å². The van der Waals surface area contributed by atoms with E-state index in [9.17, 15) is 4.79 Å². The molecule has 0 bridgehead atoms. The van der Waals surface area contributed by atoms with Crippen LogP contribution in [0.3, 0.4) is 0 Å². The highest BCUT2D eigenvalue weighted by Crippen LogP contribution is 2.09. The van der Waals surface area contributed by atoms with E-state index < -0.39 is 5.97 Å². The zero-order chi connectivity index (χ0) is 12.8. The molecular weight excluding hydrogens is 216 g/mol. The van der Waals surface area contributed by atoms with Crippen LogP contribution in [-0.2, 0) is 11.3 Å². The fourth-order valence-electron chi connectivity index (χ4n) is 1.83. The van der Waals surface area contributed by atoms with Gasteiger partial charge in [-0.3, -0.25) is 4.79 Å². The second kappa shape index (κ2) is 6.37. The molecule has 94 valence electrons. The molecule has 0 saturated carbocycles. The second-order valence-electron chi connectivity index (χ2n) is 4.48. The molecule has 1 unspecified atom stereocenters. The summed E-state index contributed by atoms with van der Waals surface area (Å²) in [7, 11) is 1.95. The van der Waals surface area contributed by atoms with Crippen molar-refractivity contribution in [2.24, 2.45) is 5.73 Å². The summed E-state index contributed by atoms with van der Waals surface area (Å²) in [4.78, 5) is 12.6. The SMILES string of the molecule is Cc1ccccc1CN(C)CC(N)CC(=O)O.